The molecule has 0 aliphatic carbocycles. The summed E-state index contributed by atoms with van der Waals surface area (Å²) in [5, 5.41) is 12.4. The average Bonchev–Trinajstić information content (AvgIpc) is 3.08. The van der Waals surface area contributed by atoms with E-state index >= 15 is 0 Å². The van der Waals surface area contributed by atoms with Crippen LogP contribution >= 0.6 is 23.4 Å². The molecule has 1 aromatic heterocycles. The first-order chi connectivity index (χ1) is 13.1. The van der Waals surface area contributed by atoms with Crippen molar-refractivity contribution in [2.75, 3.05) is 5.75 Å². The van der Waals surface area contributed by atoms with E-state index in [1.54, 1.807) is 24.3 Å². The molecule has 27 heavy (non-hydrogen) atoms. The smallest absolute Gasteiger partial charge is 0.230 e. The minimum Gasteiger partial charge on any atom is -0.351 e. The SMILES string of the molecule is CCn1c(SCC(=O)NCc2ccccc2F)nnc1-c1cccc(Cl)c1. The summed E-state index contributed by atoms with van der Waals surface area (Å²) >= 11 is 7.34. The number of benzene rings is 2. The summed E-state index contributed by atoms with van der Waals surface area (Å²) in [6, 6.07) is 13.8. The Kier molecular flexibility index (Phi) is 6.47. The van der Waals surface area contributed by atoms with E-state index in [2.05, 4.69) is 15.5 Å². The molecule has 2 aromatic carbocycles. The van der Waals surface area contributed by atoms with Gasteiger partial charge in [0.15, 0.2) is 11.0 Å². The normalized spacial score (nSPS) is 10.8. The van der Waals surface area contributed by atoms with E-state index in [1.807, 2.05) is 29.7 Å². The first kappa shape index (κ1) is 19.4. The highest BCUT2D eigenvalue weighted by Crippen LogP contribution is 2.25. The van der Waals surface area contributed by atoms with Crippen LogP contribution < -0.4 is 5.32 Å². The summed E-state index contributed by atoms with van der Waals surface area (Å²) in [6.07, 6.45) is 0. The van der Waals surface area contributed by atoms with Crippen LogP contribution in [0.1, 0.15) is 12.5 Å². The van der Waals surface area contributed by atoms with Crippen LogP contribution in [0.5, 0.6) is 0 Å². The van der Waals surface area contributed by atoms with Crippen molar-refractivity contribution in [1.29, 1.82) is 0 Å². The highest BCUT2D eigenvalue weighted by molar-refractivity contribution is 7.99. The topological polar surface area (TPSA) is 59.8 Å². The van der Waals surface area contributed by atoms with Crippen molar-refractivity contribution in [3.05, 3.63) is 64.9 Å². The number of carbonyl (C=O) groups is 1. The summed E-state index contributed by atoms with van der Waals surface area (Å²) < 4.78 is 15.5. The number of rotatable bonds is 7. The van der Waals surface area contributed by atoms with Gasteiger partial charge in [0.05, 0.1) is 5.75 Å². The number of carbonyl (C=O) groups excluding carboxylic acids is 1. The molecule has 3 aromatic rings. The van der Waals surface area contributed by atoms with E-state index < -0.39 is 0 Å². The molecule has 1 amide bonds. The Bertz CT molecular complexity index is 947. The Morgan fingerprint density at radius 1 is 1.22 bits per heavy atom. The van der Waals surface area contributed by atoms with Gasteiger partial charge in [-0.2, -0.15) is 0 Å². The quantitative estimate of drug-likeness (QED) is 0.600. The second kappa shape index (κ2) is 9.01. The van der Waals surface area contributed by atoms with Crippen LogP contribution in [0.4, 0.5) is 4.39 Å². The van der Waals surface area contributed by atoms with E-state index in [0.29, 0.717) is 28.1 Å². The van der Waals surface area contributed by atoms with Crippen molar-refractivity contribution in [2.24, 2.45) is 0 Å². The van der Waals surface area contributed by atoms with E-state index in [4.69, 9.17) is 11.6 Å². The third kappa shape index (κ3) is 4.87. The van der Waals surface area contributed by atoms with E-state index in [0.717, 1.165) is 5.56 Å². The van der Waals surface area contributed by atoms with Gasteiger partial charge in [0.2, 0.25) is 5.91 Å². The molecule has 0 aliphatic rings. The van der Waals surface area contributed by atoms with Gasteiger partial charge in [-0.3, -0.25) is 4.79 Å². The van der Waals surface area contributed by atoms with Crippen LogP contribution in [-0.2, 0) is 17.9 Å². The zero-order valence-electron chi connectivity index (χ0n) is 14.7. The van der Waals surface area contributed by atoms with Crippen molar-refractivity contribution >= 4 is 29.3 Å². The molecular formula is C19H18ClFN4OS. The number of amides is 1. The van der Waals surface area contributed by atoms with E-state index in [9.17, 15) is 9.18 Å². The molecule has 0 radical (unpaired) electrons. The molecule has 0 fully saturated rings. The summed E-state index contributed by atoms with van der Waals surface area (Å²) in [5.74, 6) is 0.345. The van der Waals surface area contributed by atoms with Gasteiger partial charge >= 0.3 is 0 Å². The Balaban J connectivity index is 1.62. The van der Waals surface area contributed by atoms with E-state index in [-0.39, 0.29) is 24.0 Å². The number of aromatic nitrogens is 3. The monoisotopic (exact) mass is 404 g/mol. The number of thioether (sulfide) groups is 1. The molecule has 0 bridgehead atoms. The number of nitrogens with zero attached hydrogens (tertiary/aromatic N) is 3. The van der Waals surface area contributed by atoms with Gasteiger partial charge in [-0.15, -0.1) is 10.2 Å². The van der Waals surface area contributed by atoms with Gasteiger partial charge in [-0.25, -0.2) is 4.39 Å². The molecule has 0 saturated carbocycles. The molecule has 0 aliphatic heterocycles. The number of hydrogen-bond acceptors (Lipinski definition) is 4. The van der Waals surface area contributed by atoms with E-state index in [1.165, 1.54) is 17.8 Å². The van der Waals surface area contributed by atoms with Crippen molar-refractivity contribution in [1.82, 2.24) is 20.1 Å². The van der Waals surface area contributed by atoms with Crippen molar-refractivity contribution in [3.63, 3.8) is 0 Å². The Labute approximate surface area is 166 Å². The minimum atomic E-state index is -0.331. The second-order valence-corrected chi connectivity index (χ2v) is 7.10. The van der Waals surface area contributed by atoms with Crippen LogP contribution in [0.25, 0.3) is 11.4 Å². The fourth-order valence-corrected chi connectivity index (χ4v) is 3.56. The number of nitrogens with one attached hydrogen (secondary N) is 1. The molecule has 1 N–H and O–H groups in total. The van der Waals surface area contributed by atoms with Gasteiger partial charge in [-0.1, -0.05) is 53.7 Å². The van der Waals surface area contributed by atoms with Crippen LogP contribution in [-0.4, -0.2) is 26.4 Å². The molecule has 0 unspecified atom stereocenters. The lowest BCUT2D eigenvalue weighted by Crippen LogP contribution is -2.25. The first-order valence-electron chi connectivity index (χ1n) is 8.40. The second-order valence-electron chi connectivity index (χ2n) is 5.72. The van der Waals surface area contributed by atoms with Gasteiger partial charge in [-0.05, 0) is 25.1 Å². The molecule has 0 atom stereocenters. The van der Waals surface area contributed by atoms with Crippen molar-refractivity contribution < 1.29 is 9.18 Å². The van der Waals surface area contributed by atoms with Gasteiger partial charge in [0, 0.05) is 29.2 Å². The average molecular weight is 405 g/mol. The van der Waals surface area contributed by atoms with Gasteiger partial charge in [0.25, 0.3) is 0 Å². The zero-order chi connectivity index (χ0) is 19.2. The molecule has 1 heterocycles. The van der Waals surface area contributed by atoms with Gasteiger partial charge in [0.1, 0.15) is 5.82 Å². The lowest BCUT2D eigenvalue weighted by molar-refractivity contribution is -0.118. The predicted molar refractivity (Wildman–Crippen MR) is 105 cm³/mol. The molecular weight excluding hydrogens is 387 g/mol. The van der Waals surface area contributed by atoms with Crippen LogP contribution in [0, 0.1) is 5.82 Å². The van der Waals surface area contributed by atoms with Crippen molar-refractivity contribution in [3.8, 4) is 11.4 Å². The molecule has 8 heteroatoms. The maximum absolute atomic E-state index is 13.6. The van der Waals surface area contributed by atoms with Crippen molar-refractivity contribution in [2.45, 2.75) is 25.2 Å². The maximum Gasteiger partial charge on any atom is 0.230 e. The molecule has 3 rings (SSSR count). The summed E-state index contributed by atoms with van der Waals surface area (Å²) in [6.45, 7) is 2.80. The molecule has 0 saturated heterocycles. The van der Waals surface area contributed by atoms with Crippen LogP contribution in [0.15, 0.2) is 53.7 Å². The lowest BCUT2D eigenvalue weighted by Gasteiger charge is -2.08. The largest absolute Gasteiger partial charge is 0.351 e. The zero-order valence-corrected chi connectivity index (χ0v) is 16.2. The summed E-state index contributed by atoms with van der Waals surface area (Å²) in [7, 11) is 0. The Hall–Kier alpha value is -2.38. The minimum absolute atomic E-state index is 0.153. The fraction of sp³-hybridized carbons (Fsp3) is 0.211. The third-order valence-corrected chi connectivity index (χ3v) is 5.08. The maximum atomic E-state index is 13.6. The first-order valence-corrected chi connectivity index (χ1v) is 9.77. The highest BCUT2D eigenvalue weighted by Gasteiger charge is 2.15. The lowest BCUT2D eigenvalue weighted by atomic mass is 10.2. The molecule has 0 spiro atoms. The number of hydrogen-bond donors (Lipinski definition) is 1. The molecule has 140 valence electrons. The number of halogens is 2. The fourth-order valence-electron chi connectivity index (χ4n) is 2.54. The Morgan fingerprint density at radius 2 is 2.04 bits per heavy atom. The summed E-state index contributed by atoms with van der Waals surface area (Å²) in [5.41, 5.74) is 1.32. The van der Waals surface area contributed by atoms with Crippen LogP contribution in [0.2, 0.25) is 5.02 Å². The molecule has 5 nitrogen and oxygen atoms in total. The van der Waals surface area contributed by atoms with Crippen LogP contribution in [0.3, 0.4) is 0 Å². The summed E-state index contributed by atoms with van der Waals surface area (Å²) in [4.78, 5) is 12.1. The third-order valence-electron chi connectivity index (χ3n) is 3.88. The Morgan fingerprint density at radius 3 is 2.78 bits per heavy atom. The standard InChI is InChI=1S/C19H18ClFN4OS/c1-2-25-18(13-7-5-8-15(20)10-13)23-24-19(25)27-12-17(26)22-11-14-6-3-4-9-16(14)21/h3-10H,2,11-12H2,1H3,(H,22,26). The predicted octanol–water partition coefficient (Wildman–Crippen LogP) is 4.17. The highest BCUT2D eigenvalue weighted by atomic mass is 35.5. The van der Waals surface area contributed by atoms with Gasteiger partial charge < -0.3 is 9.88 Å².